The van der Waals surface area contributed by atoms with Crippen LogP contribution in [0.15, 0.2) is 60.7 Å². The lowest BCUT2D eigenvalue weighted by Crippen LogP contribution is -2.59. The van der Waals surface area contributed by atoms with Crippen LogP contribution < -0.4 is 5.09 Å². The molecule has 0 aliphatic carbocycles. The van der Waals surface area contributed by atoms with Gasteiger partial charge in [-0.05, 0) is 25.0 Å². The monoisotopic (exact) mass is 470 g/mol. The summed E-state index contributed by atoms with van der Waals surface area (Å²) in [7, 11) is -0.484. The SMILES string of the molecule is CC1ON(C2(C(=O)OC(c3ccccc3)c3ccccc3)CCC(=O)O2)C(=O)[C@@]1(C)NP=O. The lowest BCUT2D eigenvalue weighted by molar-refractivity contribution is -0.270. The maximum Gasteiger partial charge on any atom is 0.376 e. The number of carbonyl (C=O) groups excluding carboxylic acids is 3. The smallest absolute Gasteiger partial charge is 0.376 e. The van der Waals surface area contributed by atoms with E-state index in [0.29, 0.717) is 11.1 Å². The van der Waals surface area contributed by atoms with E-state index in [4.69, 9.17) is 14.3 Å². The molecule has 3 atom stereocenters. The summed E-state index contributed by atoms with van der Waals surface area (Å²) in [5.74, 6) is -2.29. The maximum absolute atomic E-state index is 13.6. The van der Waals surface area contributed by atoms with E-state index in [1.165, 1.54) is 6.92 Å². The number of nitrogens with zero attached hydrogens (tertiary/aromatic N) is 1. The number of carbonyl (C=O) groups is 3. The molecule has 2 heterocycles. The second-order valence-corrected chi connectivity index (χ2v) is 8.52. The Morgan fingerprint density at radius 2 is 1.70 bits per heavy atom. The van der Waals surface area contributed by atoms with Crippen molar-refractivity contribution < 1.29 is 33.3 Å². The second-order valence-electron chi connectivity index (χ2n) is 8.12. The molecule has 10 heteroatoms. The van der Waals surface area contributed by atoms with Gasteiger partial charge >= 0.3 is 17.7 Å². The molecule has 1 amide bonds. The molecule has 2 aliphatic heterocycles. The van der Waals surface area contributed by atoms with Crippen LogP contribution in [0.25, 0.3) is 0 Å². The summed E-state index contributed by atoms with van der Waals surface area (Å²) >= 11 is 0. The number of rotatable bonds is 7. The van der Waals surface area contributed by atoms with E-state index in [2.05, 4.69) is 5.09 Å². The van der Waals surface area contributed by atoms with E-state index in [-0.39, 0.29) is 12.8 Å². The minimum absolute atomic E-state index is 0.0953. The average Bonchev–Trinajstić information content (AvgIpc) is 3.33. The Hall–Kier alpha value is -3.13. The number of esters is 2. The van der Waals surface area contributed by atoms with Gasteiger partial charge in [0.25, 0.3) is 5.91 Å². The summed E-state index contributed by atoms with van der Waals surface area (Å²) in [6, 6.07) is 18.2. The van der Waals surface area contributed by atoms with E-state index in [1.807, 2.05) is 60.7 Å². The lowest BCUT2D eigenvalue weighted by Gasteiger charge is -2.34. The lowest BCUT2D eigenvalue weighted by atomic mass is 9.96. The summed E-state index contributed by atoms with van der Waals surface area (Å²) in [5.41, 5.74) is -2.08. The molecule has 4 rings (SSSR count). The number of hydrogen-bond acceptors (Lipinski definition) is 7. The largest absolute Gasteiger partial charge is 0.448 e. The number of benzene rings is 2. The minimum Gasteiger partial charge on any atom is -0.448 e. The van der Waals surface area contributed by atoms with Crippen molar-refractivity contribution in [3.63, 3.8) is 0 Å². The van der Waals surface area contributed by atoms with Gasteiger partial charge in [-0.2, -0.15) is 5.06 Å². The van der Waals surface area contributed by atoms with E-state index >= 15 is 0 Å². The zero-order valence-corrected chi connectivity index (χ0v) is 19.0. The molecule has 0 radical (unpaired) electrons. The maximum atomic E-state index is 13.6. The van der Waals surface area contributed by atoms with Crippen LogP contribution in [0.4, 0.5) is 0 Å². The molecule has 2 fully saturated rings. The Bertz CT molecular complexity index is 1030. The Kier molecular flexibility index (Phi) is 6.30. The van der Waals surface area contributed by atoms with Crippen molar-refractivity contribution in [2.45, 2.75) is 50.2 Å². The van der Waals surface area contributed by atoms with Crippen molar-refractivity contribution in [1.29, 1.82) is 0 Å². The Morgan fingerprint density at radius 3 is 2.18 bits per heavy atom. The van der Waals surface area contributed by atoms with Crippen molar-refractivity contribution in [2.24, 2.45) is 0 Å². The van der Waals surface area contributed by atoms with E-state index in [1.54, 1.807) is 6.92 Å². The number of cyclic esters (lactones) is 1. The summed E-state index contributed by atoms with van der Waals surface area (Å²) in [5, 5.41) is 3.30. The molecule has 0 aromatic heterocycles. The average molecular weight is 470 g/mol. The Morgan fingerprint density at radius 1 is 1.12 bits per heavy atom. The Balaban J connectivity index is 1.70. The van der Waals surface area contributed by atoms with Gasteiger partial charge in [-0.15, -0.1) is 0 Å². The molecule has 2 aromatic rings. The van der Waals surface area contributed by atoms with Gasteiger partial charge in [-0.1, -0.05) is 60.7 Å². The molecule has 2 aromatic carbocycles. The predicted molar refractivity (Wildman–Crippen MR) is 115 cm³/mol. The molecule has 0 spiro atoms. The van der Waals surface area contributed by atoms with Crippen molar-refractivity contribution in [1.82, 2.24) is 10.2 Å². The second kappa shape index (κ2) is 9.02. The fourth-order valence-corrected chi connectivity index (χ4v) is 4.36. The van der Waals surface area contributed by atoms with Gasteiger partial charge in [0.1, 0.15) is 11.6 Å². The van der Waals surface area contributed by atoms with Gasteiger partial charge in [0, 0.05) is 6.42 Å². The van der Waals surface area contributed by atoms with E-state index in [0.717, 1.165) is 5.06 Å². The highest BCUT2D eigenvalue weighted by molar-refractivity contribution is 7.21. The summed E-state index contributed by atoms with van der Waals surface area (Å²) < 4.78 is 22.5. The first-order chi connectivity index (χ1) is 15.8. The van der Waals surface area contributed by atoms with Gasteiger partial charge in [-0.25, -0.2) is 9.88 Å². The van der Waals surface area contributed by atoms with Gasteiger partial charge < -0.3 is 9.47 Å². The molecule has 2 saturated heterocycles. The fourth-order valence-electron chi connectivity index (χ4n) is 3.89. The van der Waals surface area contributed by atoms with Gasteiger partial charge in [0.2, 0.25) is 8.61 Å². The molecule has 9 nitrogen and oxygen atoms in total. The third kappa shape index (κ3) is 4.04. The molecular formula is C23H23N2O7P. The molecular weight excluding hydrogens is 447 g/mol. The Labute approximate surface area is 192 Å². The summed E-state index contributed by atoms with van der Waals surface area (Å²) in [6.45, 7) is 3.08. The zero-order valence-electron chi connectivity index (χ0n) is 18.1. The number of ether oxygens (including phenoxy) is 2. The molecule has 2 aliphatic rings. The first kappa shape index (κ1) is 23.0. The topological polar surface area (TPSA) is 111 Å². The minimum atomic E-state index is -2.09. The highest BCUT2D eigenvalue weighted by atomic mass is 31.1. The summed E-state index contributed by atoms with van der Waals surface area (Å²) in [6.07, 6.45) is -1.84. The highest BCUT2D eigenvalue weighted by Gasteiger charge is 2.64. The first-order valence-electron chi connectivity index (χ1n) is 10.5. The van der Waals surface area contributed by atoms with Crippen LogP contribution in [0, 0.1) is 0 Å². The van der Waals surface area contributed by atoms with Gasteiger partial charge in [-0.3, -0.25) is 19.0 Å². The molecule has 172 valence electrons. The fraction of sp³-hybridized carbons (Fsp3) is 0.348. The highest BCUT2D eigenvalue weighted by Crippen LogP contribution is 2.41. The number of hydrogen-bond donors (Lipinski definition) is 1. The molecule has 1 N–H and O–H groups in total. The molecule has 0 saturated carbocycles. The van der Waals surface area contributed by atoms with Gasteiger partial charge in [0.15, 0.2) is 6.10 Å². The van der Waals surface area contributed by atoms with Crippen molar-refractivity contribution in [2.75, 3.05) is 0 Å². The molecule has 33 heavy (non-hydrogen) atoms. The normalized spacial score (nSPS) is 27.2. The van der Waals surface area contributed by atoms with Crippen molar-refractivity contribution in [3.05, 3.63) is 71.8 Å². The summed E-state index contributed by atoms with van der Waals surface area (Å²) in [4.78, 5) is 44.7. The first-order valence-corrected chi connectivity index (χ1v) is 11.3. The van der Waals surface area contributed by atoms with E-state index < -0.39 is 49.9 Å². The molecule has 2 unspecified atom stereocenters. The van der Waals surface area contributed by atoms with Crippen LogP contribution in [-0.2, 0) is 33.3 Å². The van der Waals surface area contributed by atoms with Crippen LogP contribution in [0.5, 0.6) is 0 Å². The third-order valence-corrected chi connectivity index (χ3v) is 6.57. The third-order valence-electron chi connectivity index (χ3n) is 6.01. The number of nitrogens with one attached hydrogen (secondary N) is 1. The molecule has 0 bridgehead atoms. The van der Waals surface area contributed by atoms with Crippen LogP contribution in [-0.4, -0.2) is 40.3 Å². The number of hydroxylamine groups is 2. The van der Waals surface area contributed by atoms with Crippen molar-refractivity contribution >= 4 is 26.5 Å². The standard InChI is InChI=1S/C23H23N2O7P/c1-15-22(2,24-33-29)20(27)25(32-15)23(14-13-18(26)31-23)21(28)30-19(16-9-5-3-6-10-16)17-11-7-4-8-12-17/h3-12,15,19H,13-14H2,1-2H3,(H,24,29)/t15?,22-,23?/m0/s1. The zero-order chi connectivity index (χ0) is 23.6. The van der Waals surface area contributed by atoms with E-state index in [9.17, 15) is 18.9 Å². The number of amides is 1. The predicted octanol–water partition coefficient (Wildman–Crippen LogP) is 3.07. The van der Waals surface area contributed by atoms with Crippen LogP contribution in [0.2, 0.25) is 0 Å². The van der Waals surface area contributed by atoms with Gasteiger partial charge in [0.05, 0.1) is 6.42 Å². The van der Waals surface area contributed by atoms with Crippen LogP contribution in [0.1, 0.15) is 43.9 Å². The quantitative estimate of drug-likeness (QED) is 0.486. The van der Waals surface area contributed by atoms with Crippen LogP contribution in [0.3, 0.4) is 0 Å². The van der Waals surface area contributed by atoms with Crippen LogP contribution >= 0.6 is 8.61 Å². The van der Waals surface area contributed by atoms with Crippen molar-refractivity contribution in [3.8, 4) is 0 Å².